The molecule has 0 unspecified atom stereocenters. The number of aryl methyl sites for hydroxylation is 1. The Labute approximate surface area is 60.3 Å². The molecule has 0 atom stereocenters. The predicted molar refractivity (Wildman–Crippen MR) is 39.4 cm³/mol. The molecule has 0 saturated carbocycles. The van der Waals surface area contributed by atoms with Crippen LogP contribution in [0, 0.1) is 0 Å². The summed E-state index contributed by atoms with van der Waals surface area (Å²) in [5.41, 5.74) is 6.35. The second-order valence-electron chi connectivity index (χ2n) is 2.09. The Hall–Kier alpha value is -0.960. The number of nitrogens with zero attached hydrogens (tertiary/aromatic N) is 2. The standard InChI is InChI=1S/C7H11N3/c8-3-1-2-7-6-9-4-5-10-7/h4-6H,1-3,8H2. The Morgan fingerprint density at radius 1 is 1.40 bits per heavy atom. The third-order valence-corrected chi connectivity index (χ3v) is 1.25. The SMILES string of the molecule is NCCCc1cnccn1. The number of nitrogens with two attached hydrogens (primary N) is 1. The van der Waals surface area contributed by atoms with Crippen molar-refractivity contribution in [2.45, 2.75) is 12.8 Å². The summed E-state index contributed by atoms with van der Waals surface area (Å²) in [5, 5.41) is 0. The molecule has 0 aliphatic heterocycles. The van der Waals surface area contributed by atoms with Crippen molar-refractivity contribution in [3.8, 4) is 0 Å². The predicted octanol–water partition coefficient (Wildman–Crippen LogP) is 0.368. The molecular weight excluding hydrogens is 126 g/mol. The number of aromatic nitrogens is 2. The molecule has 54 valence electrons. The van der Waals surface area contributed by atoms with Crippen LogP contribution in [-0.2, 0) is 6.42 Å². The molecule has 0 amide bonds. The highest BCUT2D eigenvalue weighted by Gasteiger charge is 1.90. The molecule has 3 heteroatoms. The van der Waals surface area contributed by atoms with Gasteiger partial charge in [-0.15, -0.1) is 0 Å². The third kappa shape index (κ3) is 2.11. The fourth-order valence-electron chi connectivity index (χ4n) is 0.742. The molecule has 0 fully saturated rings. The summed E-state index contributed by atoms with van der Waals surface area (Å²) >= 11 is 0. The molecule has 0 bridgehead atoms. The quantitative estimate of drug-likeness (QED) is 0.654. The molecule has 0 aliphatic rings. The molecule has 0 saturated heterocycles. The van der Waals surface area contributed by atoms with E-state index in [-0.39, 0.29) is 0 Å². The summed E-state index contributed by atoms with van der Waals surface area (Å²) in [6.07, 6.45) is 7.07. The lowest BCUT2D eigenvalue weighted by atomic mass is 10.2. The highest BCUT2D eigenvalue weighted by atomic mass is 14.8. The Kier molecular flexibility index (Phi) is 2.83. The fourth-order valence-corrected chi connectivity index (χ4v) is 0.742. The second-order valence-corrected chi connectivity index (χ2v) is 2.09. The molecule has 1 aromatic heterocycles. The Morgan fingerprint density at radius 3 is 2.90 bits per heavy atom. The van der Waals surface area contributed by atoms with Crippen LogP contribution in [0.4, 0.5) is 0 Å². The molecule has 1 rings (SSSR count). The Morgan fingerprint density at radius 2 is 2.30 bits per heavy atom. The van der Waals surface area contributed by atoms with Crippen LogP contribution in [0.2, 0.25) is 0 Å². The molecule has 0 spiro atoms. The van der Waals surface area contributed by atoms with Gasteiger partial charge in [0.2, 0.25) is 0 Å². The van der Waals surface area contributed by atoms with Crippen LogP contribution in [-0.4, -0.2) is 16.5 Å². The van der Waals surface area contributed by atoms with Gasteiger partial charge < -0.3 is 5.73 Å². The van der Waals surface area contributed by atoms with Crippen molar-refractivity contribution in [1.29, 1.82) is 0 Å². The zero-order valence-electron chi connectivity index (χ0n) is 5.83. The van der Waals surface area contributed by atoms with Gasteiger partial charge in [0.15, 0.2) is 0 Å². The van der Waals surface area contributed by atoms with Crippen molar-refractivity contribution in [3.63, 3.8) is 0 Å². The lowest BCUT2D eigenvalue weighted by Gasteiger charge is -1.94. The number of hydrogen-bond acceptors (Lipinski definition) is 3. The van der Waals surface area contributed by atoms with Gasteiger partial charge >= 0.3 is 0 Å². The van der Waals surface area contributed by atoms with Crippen molar-refractivity contribution in [2.24, 2.45) is 5.73 Å². The Balaban J connectivity index is 2.43. The smallest absolute Gasteiger partial charge is 0.0587 e. The van der Waals surface area contributed by atoms with E-state index in [4.69, 9.17) is 5.73 Å². The molecule has 10 heavy (non-hydrogen) atoms. The van der Waals surface area contributed by atoms with Crippen LogP contribution in [0.25, 0.3) is 0 Å². The highest BCUT2D eigenvalue weighted by Crippen LogP contribution is 1.93. The normalized spacial score (nSPS) is 9.70. The number of rotatable bonds is 3. The van der Waals surface area contributed by atoms with E-state index in [2.05, 4.69) is 9.97 Å². The largest absolute Gasteiger partial charge is 0.330 e. The van der Waals surface area contributed by atoms with Crippen LogP contribution < -0.4 is 5.73 Å². The van der Waals surface area contributed by atoms with Gasteiger partial charge in [-0.05, 0) is 19.4 Å². The Bertz CT molecular complexity index is 173. The topological polar surface area (TPSA) is 51.8 Å². The first kappa shape index (κ1) is 7.15. The van der Waals surface area contributed by atoms with Crippen LogP contribution in [0.3, 0.4) is 0 Å². The van der Waals surface area contributed by atoms with E-state index in [9.17, 15) is 0 Å². The van der Waals surface area contributed by atoms with Crippen LogP contribution in [0.5, 0.6) is 0 Å². The molecule has 1 aromatic rings. The van der Waals surface area contributed by atoms with Gasteiger partial charge in [-0.3, -0.25) is 9.97 Å². The van der Waals surface area contributed by atoms with E-state index in [0.29, 0.717) is 0 Å². The first-order valence-corrected chi connectivity index (χ1v) is 3.38. The molecular formula is C7H11N3. The van der Waals surface area contributed by atoms with E-state index >= 15 is 0 Å². The van der Waals surface area contributed by atoms with E-state index in [1.54, 1.807) is 18.6 Å². The third-order valence-electron chi connectivity index (χ3n) is 1.25. The lowest BCUT2D eigenvalue weighted by molar-refractivity contribution is 0.804. The average Bonchev–Trinajstić information content (AvgIpc) is 2.03. The molecule has 0 aliphatic carbocycles. The summed E-state index contributed by atoms with van der Waals surface area (Å²) in [6, 6.07) is 0. The minimum absolute atomic E-state index is 0.719. The van der Waals surface area contributed by atoms with Gasteiger partial charge in [0.05, 0.1) is 5.69 Å². The molecule has 0 aromatic carbocycles. The fraction of sp³-hybridized carbons (Fsp3) is 0.429. The number of hydrogen-bond donors (Lipinski definition) is 1. The average molecular weight is 137 g/mol. The van der Waals surface area contributed by atoms with Gasteiger partial charge in [-0.25, -0.2) is 0 Å². The summed E-state index contributed by atoms with van der Waals surface area (Å²) < 4.78 is 0. The highest BCUT2D eigenvalue weighted by molar-refractivity contribution is 4.94. The van der Waals surface area contributed by atoms with E-state index in [0.717, 1.165) is 25.1 Å². The summed E-state index contributed by atoms with van der Waals surface area (Å²) in [6.45, 7) is 0.719. The second kappa shape index (κ2) is 3.95. The van der Waals surface area contributed by atoms with Gasteiger partial charge in [0.1, 0.15) is 0 Å². The van der Waals surface area contributed by atoms with Crippen molar-refractivity contribution in [3.05, 3.63) is 24.3 Å². The van der Waals surface area contributed by atoms with Crippen molar-refractivity contribution < 1.29 is 0 Å². The zero-order chi connectivity index (χ0) is 7.23. The lowest BCUT2D eigenvalue weighted by Crippen LogP contribution is -2.01. The van der Waals surface area contributed by atoms with Crippen molar-refractivity contribution in [1.82, 2.24) is 9.97 Å². The first-order chi connectivity index (χ1) is 4.93. The molecule has 1 heterocycles. The molecule has 3 nitrogen and oxygen atoms in total. The van der Waals surface area contributed by atoms with Crippen molar-refractivity contribution in [2.75, 3.05) is 6.54 Å². The molecule has 2 N–H and O–H groups in total. The minimum Gasteiger partial charge on any atom is -0.330 e. The zero-order valence-corrected chi connectivity index (χ0v) is 5.83. The van der Waals surface area contributed by atoms with Gasteiger partial charge in [0, 0.05) is 18.6 Å². The van der Waals surface area contributed by atoms with E-state index in [1.807, 2.05) is 0 Å². The summed E-state index contributed by atoms with van der Waals surface area (Å²) in [4.78, 5) is 8.03. The van der Waals surface area contributed by atoms with Crippen LogP contribution >= 0.6 is 0 Å². The van der Waals surface area contributed by atoms with Crippen LogP contribution in [0.1, 0.15) is 12.1 Å². The molecule has 0 radical (unpaired) electrons. The maximum absolute atomic E-state index is 5.33. The first-order valence-electron chi connectivity index (χ1n) is 3.38. The van der Waals surface area contributed by atoms with Gasteiger partial charge in [-0.2, -0.15) is 0 Å². The summed E-state index contributed by atoms with van der Waals surface area (Å²) in [7, 11) is 0. The van der Waals surface area contributed by atoms with Gasteiger partial charge in [0.25, 0.3) is 0 Å². The minimum atomic E-state index is 0.719. The maximum Gasteiger partial charge on any atom is 0.0587 e. The maximum atomic E-state index is 5.33. The van der Waals surface area contributed by atoms with Crippen molar-refractivity contribution >= 4 is 0 Å². The van der Waals surface area contributed by atoms with E-state index in [1.165, 1.54) is 0 Å². The van der Waals surface area contributed by atoms with E-state index < -0.39 is 0 Å². The van der Waals surface area contributed by atoms with Gasteiger partial charge in [-0.1, -0.05) is 0 Å². The van der Waals surface area contributed by atoms with Crippen LogP contribution in [0.15, 0.2) is 18.6 Å². The monoisotopic (exact) mass is 137 g/mol. The summed E-state index contributed by atoms with van der Waals surface area (Å²) in [5.74, 6) is 0.